The van der Waals surface area contributed by atoms with Crippen LogP contribution in [0, 0.1) is 11.6 Å². The van der Waals surface area contributed by atoms with Gasteiger partial charge in [-0.05, 0) is 25.1 Å². The van der Waals surface area contributed by atoms with Crippen molar-refractivity contribution in [1.82, 2.24) is 10.2 Å². The van der Waals surface area contributed by atoms with Crippen LogP contribution in [0.25, 0.3) is 21.5 Å². The summed E-state index contributed by atoms with van der Waals surface area (Å²) in [6.07, 6.45) is 0. The van der Waals surface area contributed by atoms with Crippen molar-refractivity contribution in [2.75, 3.05) is 6.61 Å². The Hall–Kier alpha value is -2.28. The highest BCUT2D eigenvalue weighted by Crippen LogP contribution is 2.33. The fourth-order valence-corrected chi connectivity index (χ4v) is 2.90. The van der Waals surface area contributed by atoms with E-state index < -0.39 is 17.6 Å². The summed E-state index contributed by atoms with van der Waals surface area (Å²) < 4.78 is 31.7. The second-order valence-electron chi connectivity index (χ2n) is 4.27. The molecule has 21 heavy (non-hydrogen) atoms. The van der Waals surface area contributed by atoms with Crippen molar-refractivity contribution in [3.63, 3.8) is 0 Å². The summed E-state index contributed by atoms with van der Waals surface area (Å²) in [5, 5.41) is 7.38. The number of fused-ring (bicyclic) bond motifs is 1. The number of thiophene rings is 1. The third-order valence-electron chi connectivity index (χ3n) is 2.92. The first kappa shape index (κ1) is 13.7. The van der Waals surface area contributed by atoms with Gasteiger partial charge in [-0.15, -0.1) is 11.3 Å². The topological polar surface area (TPSA) is 55.0 Å². The predicted molar refractivity (Wildman–Crippen MR) is 75.3 cm³/mol. The SMILES string of the molecule is CCOC(=O)c1cc2c(-c3ccc(F)cc3F)n[nH]c2s1. The number of hydrogen-bond acceptors (Lipinski definition) is 4. The maximum Gasteiger partial charge on any atom is 0.348 e. The number of carbonyl (C=O) groups is 1. The number of aromatic amines is 1. The van der Waals surface area contributed by atoms with Crippen LogP contribution in [0.3, 0.4) is 0 Å². The van der Waals surface area contributed by atoms with E-state index >= 15 is 0 Å². The molecular formula is C14H10F2N2O2S. The molecule has 108 valence electrons. The average molecular weight is 308 g/mol. The monoisotopic (exact) mass is 308 g/mol. The van der Waals surface area contributed by atoms with E-state index in [1.165, 1.54) is 17.4 Å². The van der Waals surface area contributed by atoms with Gasteiger partial charge < -0.3 is 4.74 Å². The number of rotatable bonds is 3. The molecule has 0 amide bonds. The summed E-state index contributed by atoms with van der Waals surface area (Å²) in [4.78, 5) is 12.7. The second-order valence-corrected chi connectivity index (χ2v) is 5.32. The van der Waals surface area contributed by atoms with Gasteiger partial charge in [0, 0.05) is 17.0 Å². The van der Waals surface area contributed by atoms with Crippen molar-refractivity contribution in [3.8, 4) is 11.3 Å². The van der Waals surface area contributed by atoms with E-state index in [9.17, 15) is 13.6 Å². The van der Waals surface area contributed by atoms with Crippen LogP contribution < -0.4 is 0 Å². The summed E-state index contributed by atoms with van der Waals surface area (Å²) in [5.41, 5.74) is 0.519. The van der Waals surface area contributed by atoms with Crippen LogP contribution in [0.1, 0.15) is 16.6 Å². The van der Waals surface area contributed by atoms with Crippen LogP contribution in [0.5, 0.6) is 0 Å². The lowest BCUT2D eigenvalue weighted by Crippen LogP contribution is -2.01. The minimum absolute atomic E-state index is 0.177. The van der Waals surface area contributed by atoms with Gasteiger partial charge >= 0.3 is 5.97 Å². The molecule has 0 saturated heterocycles. The minimum Gasteiger partial charge on any atom is -0.462 e. The highest BCUT2D eigenvalue weighted by molar-refractivity contribution is 7.20. The molecule has 0 aliphatic rings. The van der Waals surface area contributed by atoms with Crippen LogP contribution in [0.4, 0.5) is 8.78 Å². The van der Waals surface area contributed by atoms with Crippen molar-refractivity contribution < 1.29 is 18.3 Å². The van der Waals surface area contributed by atoms with Crippen LogP contribution in [0.2, 0.25) is 0 Å². The number of H-pyrrole nitrogens is 1. The molecule has 0 radical (unpaired) electrons. The Morgan fingerprint density at radius 1 is 1.38 bits per heavy atom. The first-order chi connectivity index (χ1) is 10.1. The van der Waals surface area contributed by atoms with Gasteiger partial charge in [0.2, 0.25) is 0 Å². The van der Waals surface area contributed by atoms with Crippen LogP contribution >= 0.6 is 11.3 Å². The highest BCUT2D eigenvalue weighted by atomic mass is 32.1. The van der Waals surface area contributed by atoms with Gasteiger partial charge in [-0.3, -0.25) is 5.10 Å². The van der Waals surface area contributed by atoms with Crippen molar-refractivity contribution in [2.24, 2.45) is 0 Å². The molecular weight excluding hydrogens is 298 g/mol. The summed E-state index contributed by atoms with van der Waals surface area (Å²) in [5.74, 6) is -1.79. The first-order valence-corrected chi connectivity index (χ1v) is 7.02. The van der Waals surface area contributed by atoms with Gasteiger partial charge in [0.25, 0.3) is 0 Å². The van der Waals surface area contributed by atoms with E-state index in [4.69, 9.17) is 4.74 Å². The molecule has 2 heterocycles. The minimum atomic E-state index is -0.702. The van der Waals surface area contributed by atoms with Crippen molar-refractivity contribution >= 4 is 27.5 Å². The van der Waals surface area contributed by atoms with Gasteiger partial charge in [-0.25, -0.2) is 13.6 Å². The molecule has 0 bridgehead atoms. The lowest BCUT2D eigenvalue weighted by Gasteiger charge is -1.99. The smallest absolute Gasteiger partial charge is 0.348 e. The van der Waals surface area contributed by atoms with E-state index in [0.717, 1.165) is 12.1 Å². The van der Waals surface area contributed by atoms with E-state index in [-0.39, 0.29) is 12.2 Å². The molecule has 0 aliphatic carbocycles. The van der Waals surface area contributed by atoms with Gasteiger partial charge in [0.15, 0.2) is 0 Å². The molecule has 0 fully saturated rings. The van der Waals surface area contributed by atoms with Crippen LogP contribution in [-0.2, 0) is 4.74 Å². The Morgan fingerprint density at radius 3 is 2.90 bits per heavy atom. The summed E-state index contributed by atoms with van der Waals surface area (Å²) >= 11 is 1.18. The van der Waals surface area contributed by atoms with Gasteiger partial charge in [0.05, 0.1) is 6.61 Å². The van der Waals surface area contributed by atoms with Crippen molar-refractivity contribution in [1.29, 1.82) is 0 Å². The summed E-state index contributed by atoms with van der Waals surface area (Å²) in [6, 6.07) is 4.88. The molecule has 0 spiro atoms. The van der Waals surface area contributed by atoms with Crippen molar-refractivity contribution in [2.45, 2.75) is 6.92 Å². The zero-order valence-corrected chi connectivity index (χ0v) is 11.8. The Balaban J connectivity index is 2.09. The zero-order chi connectivity index (χ0) is 15.0. The van der Waals surface area contributed by atoms with Gasteiger partial charge in [-0.1, -0.05) is 0 Å². The van der Waals surface area contributed by atoms with E-state index in [2.05, 4.69) is 10.2 Å². The summed E-state index contributed by atoms with van der Waals surface area (Å²) in [6.45, 7) is 2.00. The maximum absolute atomic E-state index is 13.8. The average Bonchev–Trinajstić information content (AvgIpc) is 3.00. The third kappa shape index (κ3) is 2.40. The largest absolute Gasteiger partial charge is 0.462 e. The first-order valence-electron chi connectivity index (χ1n) is 6.20. The molecule has 0 unspecified atom stereocenters. The predicted octanol–water partition coefficient (Wildman–Crippen LogP) is 3.75. The molecule has 0 atom stereocenters. The Morgan fingerprint density at radius 2 is 2.19 bits per heavy atom. The number of nitrogens with zero attached hydrogens (tertiary/aromatic N) is 1. The standard InChI is InChI=1S/C14H10F2N2O2S/c1-2-20-14(19)11-6-9-12(17-18-13(9)21-11)8-4-3-7(15)5-10(8)16/h3-6H,2H2,1H3,(H,17,18). The highest BCUT2D eigenvalue weighted by Gasteiger charge is 2.18. The van der Waals surface area contributed by atoms with E-state index in [0.29, 0.717) is 20.8 Å². The number of halogens is 2. The number of nitrogens with one attached hydrogen (secondary N) is 1. The molecule has 7 heteroatoms. The lowest BCUT2D eigenvalue weighted by molar-refractivity contribution is 0.0532. The Bertz CT molecular complexity index is 826. The number of aromatic nitrogens is 2. The maximum atomic E-state index is 13.8. The fourth-order valence-electron chi connectivity index (χ4n) is 2.01. The normalized spacial score (nSPS) is 11.0. The van der Waals surface area contributed by atoms with Crippen LogP contribution in [-0.4, -0.2) is 22.8 Å². The number of carbonyl (C=O) groups excluding carboxylic acids is 1. The zero-order valence-electron chi connectivity index (χ0n) is 10.9. The van der Waals surface area contributed by atoms with Gasteiger partial charge in [-0.2, -0.15) is 5.10 Å². The quantitative estimate of drug-likeness (QED) is 0.750. The Labute approximate surface area is 122 Å². The summed E-state index contributed by atoms with van der Waals surface area (Å²) in [7, 11) is 0. The van der Waals surface area contributed by atoms with E-state index in [1.54, 1.807) is 13.0 Å². The second kappa shape index (κ2) is 5.25. The number of esters is 1. The molecule has 1 N–H and O–H groups in total. The van der Waals surface area contributed by atoms with Gasteiger partial charge in [0.1, 0.15) is 27.0 Å². The molecule has 4 nitrogen and oxygen atoms in total. The number of benzene rings is 1. The Kier molecular flexibility index (Phi) is 3.42. The number of ether oxygens (including phenoxy) is 1. The molecule has 0 aliphatic heterocycles. The molecule has 3 aromatic rings. The molecule has 2 aromatic heterocycles. The lowest BCUT2D eigenvalue weighted by atomic mass is 10.1. The molecule has 1 aromatic carbocycles. The molecule has 0 saturated carbocycles. The molecule has 3 rings (SSSR count). The number of hydrogen-bond donors (Lipinski definition) is 1. The van der Waals surface area contributed by atoms with Crippen molar-refractivity contribution in [3.05, 3.63) is 40.8 Å². The van der Waals surface area contributed by atoms with E-state index in [1.807, 2.05) is 0 Å². The third-order valence-corrected chi connectivity index (χ3v) is 3.94. The fraction of sp³-hybridized carbons (Fsp3) is 0.143. The van der Waals surface area contributed by atoms with Crippen LogP contribution in [0.15, 0.2) is 24.3 Å².